The summed E-state index contributed by atoms with van der Waals surface area (Å²) in [5, 5.41) is -0.380. The van der Waals surface area contributed by atoms with Crippen LogP contribution in [0, 0.1) is 5.82 Å². The molecule has 0 N–H and O–H groups in total. The molecule has 1 aromatic heterocycles. The number of halogens is 1. The van der Waals surface area contributed by atoms with Crippen LogP contribution in [-0.4, -0.2) is 43.3 Å². The Bertz CT molecular complexity index is 849. The molecule has 25 heavy (non-hydrogen) atoms. The minimum atomic E-state index is -3.08. The van der Waals surface area contributed by atoms with Gasteiger partial charge in [0.25, 0.3) is 5.91 Å². The van der Waals surface area contributed by atoms with E-state index in [4.69, 9.17) is 4.42 Å². The van der Waals surface area contributed by atoms with Crippen molar-refractivity contribution in [1.82, 2.24) is 4.90 Å². The van der Waals surface area contributed by atoms with Crippen molar-refractivity contribution in [1.29, 1.82) is 0 Å². The highest BCUT2D eigenvalue weighted by molar-refractivity contribution is 7.92. The number of benzene rings is 1. The Labute approximate surface area is 146 Å². The van der Waals surface area contributed by atoms with Gasteiger partial charge in [0.2, 0.25) is 0 Å². The molecule has 0 spiro atoms. The lowest BCUT2D eigenvalue weighted by atomic mass is 10.0. The molecule has 1 aromatic carbocycles. The van der Waals surface area contributed by atoms with Crippen LogP contribution < -0.4 is 0 Å². The van der Waals surface area contributed by atoms with Crippen LogP contribution in [0.2, 0.25) is 0 Å². The summed E-state index contributed by atoms with van der Waals surface area (Å²) in [6, 6.07) is 7.53. The van der Waals surface area contributed by atoms with Crippen LogP contribution in [0.5, 0.6) is 0 Å². The van der Waals surface area contributed by atoms with Gasteiger partial charge in [0.05, 0.1) is 11.5 Å². The fraction of sp³-hybridized carbons (Fsp3) is 0.389. The largest absolute Gasteiger partial charge is 0.459 e. The molecule has 1 aliphatic rings. The van der Waals surface area contributed by atoms with E-state index < -0.39 is 9.84 Å². The molecule has 0 saturated carbocycles. The summed E-state index contributed by atoms with van der Waals surface area (Å²) in [6.45, 7) is 2.41. The molecule has 2 aromatic rings. The van der Waals surface area contributed by atoms with Gasteiger partial charge in [-0.15, -0.1) is 0 Å². The minimum absolute atomic E-state index is 0.124. The van der Waals surface area contributed by atoms with Crippen LogP contribution in [0.1, 0.15) is 30.3 Å². The van der Waals surface area contributed by atoms with Crippen molar-refractivity contribution in [3.05, 3.63) is 48.2 Å². The normalized spacial score (nSPS) is 16.2. The number of hydrogen-bond donors (Lipinski definition) is 0. The fourth-order valence-corrected chi connectivity index (χ4v) is 4.53. The summed E-state index contributed by atoms with van der Waals surface area (Å²) in [5.41, 5.74) is 1.30. The summed E-state index contributed by atoms with van der Waals surface area (Å²) < 4.78 is 42.4. The van der Waals surface area contributed by atoms with Crippen molar-refractivity contribution in [3.63, 3.8) is 0 Å². The molecule has 0 bridgehead atoms. The molecular weight excluding hydrogens is 345 g/mol. The van der Waals surface area contributed by atoms with Crippen LogP contribution in [0.15, 0.2) is 41.0 Å². The molecule has 0 radical (unpaired) electrons. The molecule has 0 atom stereocenters. The lowest BCUT2D eigenvalue weighted by Gasteiger charge is -2.31. The average Bonchev–Trinajstić information content (AvgIpc) is 3.11. The Balaban J connectivity index is 1.75. The van der Waals surface area contributed by atoms with Gasteiger partial charge in [-0.2, -0.15) is 0 Å². The molecule has 1 amide bonds. The first kappa shape index (κ1) is 17.7. The van der Waals surface area contributed by atoms with Crippen molar-refractivity contribution in [3.8, 4) is 11.1 Å². The standard InChI is InChI=1S/C18H20FNO4S/c1-2-25(22,23)15-7-10-20(11-8-15)18(21)17-16(9-12-24-17)13-3-5-14(19)6-4-13/h3-6,9,12,15H,2,7-8,10-11H2,1H3. The monoisotopic (exact) mass is 365 g/mol. The summed E-state index contributed by atoms with van der Waals surface area (Å²) >= 11 is 0. The van der Waals surface area contributed by atoms with E-state index in [2.05, 4.69) is 0 Å². The second-order valence-corrected chi connectivity index (χ2v) is 8.68. The van der Waals surface area contributed by atoms with Crippen LogP contribution in [0.25, 0.3) is 11.1 Å². The molecule has 3 rings (SSSR count). The zero-order valence-electron chi connectivity index (χ0n) is 13.9. The summed E-state index contributed by atoms with van der Waals surface area (Å²) in [6.07, 6.45) is 2.31. The Morgan fingerprint density at radius 2 is 1.84 bits per heavy atom. The van der Waals surface area contributed by atoms with Crippen LogP contribution >= 0.6 is 0 Å². The van der Waals surface area contributed by atoms with Gasteiger partial charge in [-0.25, -0.2) is 12.8 Å². The number of likely N-dealkylation sites (tertiary alicyclic amines) is 1. The van der Waals surface area contributed by atoms with Gasteiger partial charge in [-0.05, 0) is 36.6 Å². The summed E-state index contributed by atoms with van der Waals surface area (Å²) in [4.78, 5) is 14.4. The van der Waals surface area contributed by atoms with Crippen molar-refractivity contribution >= 4 is 15.7 Å². The molecule has 5 nitrogen and oxygen atoms in total. The van der Waals surface area contributed by atoms with Gasteiger partial charge in [-0.1, -0.05) is 19.1 Å². The quantitative estimate of drug-likeness (QED) is 0.835. The molecule has 2 heterocycles. The van der Waals surface area contributed by atoms with E-state index in [0.717, 1.165) is 0 Å². The molecular formula is C18H20FNO4S. The number of sulfone groups is 1. The van der Waals surface area contributed by atoms with Gasteiger partial charge in [0, 0.05) is 24.4 Å². The van der Waals surface area contributed by atoms with Gasteiger partial charge >= 0.3 is 0 Å². The van der Waals surface area contributed by atoms with E-state index in [1.807, 2.05) is 0 Å². The highest BCUT2D eigenvalue weighted by Crippen LogP contribution is 2.28. The zero-order valence-corrected chi connectivity index (χ0v) is 14.8. The van der Waals surface area contributed by atoms with E-state index in [9.17, 15) is 17.6 Å². The van der Waals surface area contributed by atoms with Gasteiger partial charge in [0.15, 0.2) is 15.6 Å². The third-order valence-corrected chi connectivity index (χ3v) is 6.95. The number of piperidine rings is 1. The first-order chi connectivity index (χ1) is 11.9. The highest BCUT2D eigenvalue weighted by atomic mass is 32.2. The highest BCUT2D eigenvalue weighted by Gasteiger charge is 2.32. The minimum Gasteiger partial charge on any atom is -0.459 e. The predicted molar refractivity (Wildman–Crippen MR) is 92.5 cm³/mol. The van der Waals surface area contributed by atoms with E-state index in [-0.39, 0.29) is 28.5 Å². The van der Waals surface area contributed by atoms with E-state index in [1.54, 1.807) is 30.0 Å². The Morgan fingerprint density at radius 1 is 1.20 bits per heavy atom. The maximum atomic E-state index is 13.1. The number of furan rings is 1. The van der Waals surface area contributed by atoms with E-state index in [0.29, 0.717) is 37.1 Å². The number of nitrogens with zero attached hydrogens (tertiary/aromatic N) is 1. The van der Waals surface area contributed by atoms with Crippen LogP contribution in [-0.2, 0) is 9.84 Å². The maximum Gasteiger partial charge on any atom is 0.290 e. The second-order valence-electron chi connectivity index (χ2n) is 6.11. The summed E-state index contributed by atoms with van der Waals surface area (Å²) in [5.74, 6) is -0.294. The lowest BCUT2D eigenvalue weighted by molar-refractivity contribution is 0.0694. The van der Waals surface area contributed by atoms with Gasteiger partial charge < -0.3 is 9.32 Å². The lowest BCUT2D eigenvalue weighted by Crippen LogP contribution is -2.42. The van der Waals surface area contributed by atoms with Crippen LogP contribution in [0.3, 0.4) is 0 Å². The number of amides is 1. The first-order valence-electron chi connectivity index (χ1n) is 8.26. The number of carbonyl (C=O) groups excluding carboxylic acids is 1. The predicted octanol–water partition coefficient (Wildman–Crippen LogP) is 3.13. The van der Waals surface area contributed by atoms with Crippen molar-refractivity contribution in [2.75, 3.05) is 18.8 Å². The number of carbonyl (C=O) groups is 1. The number of hydrogen-bond acceptors (Lipinski definition) is 4. The van der Waals surface area contributed by atoms with Gasteiger partial charge in [-0.3, -0.25) is 4.79 Å². The van der Waals surface area contributed by atoms with Crippen LogP contribution in [0.4, 0.5) is 4.39 Å². The topological polar surface area (TPSA) is 67.6 Å². The Hall–Kier alpha value is -2.15. The Morgan fingerprint density at radius 3 is 2.44 bits per heavy atom. The van der Waals surface area contributed by atoms with Gasteiger partial charge in [0.1, 0.15) is 5.82 Å². The molecule has 1 aliphatic heterocycles. The van der Waals surface area contributed by atoms with E-state index >= 15 is 0 Å². The molecule has 7 heteroatoms. The molecule has 0 aliphatic carbocycles. The third-order valence-electron chi connectivity index (χ3n) is 4.65. The smallest absolute Gasteiger partial charge is 0.290 e. The third kappa shape index (κ3) is 3.61. The molecule has 0 unspecified atom stereocenters. The SMILES string of the molecule is CCS(=O)(=O)C1CCN(C(=O)c2occc2-c2ccc(F)cc2)CC1. The molecule has 1 fully saturated rings. The molecule has 1 saturated heterocycles. The van der Waals surface area contributed by atoms with Crippen molar-refractivity contribution in [2.24, 2.45) is 0 Å². The summed E-state index contributed by atoms with van der Waals surface area (Å²) in [7, 11) is -3.08. The molecule has 134 valence electrons. The number of rotatable bonds is 4. The zero-order chi connectivity index (χ0) is 18.0. The second kappa shape index (κ2) is 7.00. The maximum absolute atomic E-state index is 13.1. The first-order valence-corrected chi connectivity index (χ1v) is 9.98. The van der Waals surface area contributed by atoms with E-state index in [1.165, 1.54) is 18.4 Å². The van der Waals surface area contributed by atoms with Crippen molar-refractivity contribution < 1.29 is 22.0 Å². The van der Waals surface area contributed by atoms with Crippen molar-refractivity contribution in [2.45, 2.75) is 25.0 Å². The Kier molecular flexibility index (Phi) is 4.94. The average molecular weight is 365 g/mol. The fourth-order valence-electron chi connectivity index (χ4n) is 3.13.